The molecular formula is C21H35N5. The third-order valence-electron chi connectivity index (χ3n) is 6.55. The summed E-state index contributed by atoms with van der Waals surface area (Å²) in [5.41, 5.74) is 0. The van der Waals surface area contributed by atoms with E-state index < -0.39 is 0 Å². The Hall–Kier alpha value is -1.36. The van der Waals surface area contributed by atoms with E-state index in [1.165, 1.54) is 64.3 Å². The molecule has 0 radical (unpaired) electrons. The van der Waals surface area contributed by atoms with Gasteiger partial charge in [0.2, 0.25) is 5.95 Å². The van der Waals surface area contributed by atoms with Crippen molar-refractivity contribution >= 4 is 11.8 Å². The average Bonchev–Trinajstić information content (AvgIpc) is 2.95. The molecule has 2 saturated heterocycles. The highest BCUT2D eigenvalue weighted by molar-refractivity contribution is 5.43. The van der Waals surface area contributed by atoms with Crippen LogP contribution in [0.15, 0.2) is 12.3 Å². The number of rotatable bonds is 4. The van der Waals surface area contributed by atoms with Gasteiger partial charge in [-0.05, 0) is 44.1 Å². The van der Waals surface area contributed by atoms with Crippen LogP contribution in [-0.4, -0.2) is 53.1 Å². The molecule has 0 bridgehead atoms. The van der Waals surface area contributed by atoms with Crippen molar-refractivity contribution in [3.63, 3.8) is 0 Å². The number of hydrogen-bond donors (Lipinski definition) is 1. The van der Waals surface area contributed by atoms with Gasteiger partial charge >= 0.3 is 0 Å². The number of likely N-dealkylation sites (tertiary alicyclic amines) is 1. The van der Waals surface area contributed by atoms with Gasteiger partial charge in [0.15, 0.2) is 0 Å². The Labute approximate surface area is 158 Å². The number of anilines is 2. The van der Waals surface area contributed by atoms with Crippen LogP contribution < -0.4 is 10.2 Å². The summed E-state index contributed by atoms with van der Waals surface area (Å²) in [6, 6.07) is 3.36. The molecule has 1 aromatic rings. The molecule has 1 N–H and O–H groups in total. The molecule has 5 heteroatoms. The van der Waals surface area contributed by atoms with Crippen LogP contribution in [0.25, 0.3) is 0 Å². The van der Waals surface area contributed by atoms with Crippen molar-refractivity contribution in [2.45, 2.75) is 76.8 Å². The third-order valence-corrected chi connectivity index (χ3v) is 6.55. The molecule has 26 heavy (non-hydrogen) atoms. The van der Waals surface area contributed by atoms with Crippen LogP contribution in [0.4, 0.5) is 11.8 Å². The molecule has 1 saturated carbocycles. The van der Waals surface area contributed by atoms with Gasteiger partial charge < -0.3 is 10.2 Å². The van der Waals surface area contributed by atoms with Crippen molar-refractivity contribution in [2.24, 2.45) is 5.92 Å². The molecule has 3 aliphatic rings. The first kappa shape index (κ1) is 18.0. The Bertz CT molecular complexity index is 569. The fourth-order valence-electron chi connectivity index (χ4n) is 5.05. The Morgan fingerprint density at radius 1 is 1.00 bits per heavy atom. The summed E-state index contributed by atoms with van der Waals surface area (Å²) in [6.45, 7) is 7.05. The molecule has 3 atom stereocenters. The third kappa shape index (κ3) is 4.48. The van der Waals surface area contributed by atoms with Gasteiger partial charge in [0.1, 0.15) is 5.82 Å². The first-order valence-corrected chi connectivity index (χ1v) is 10.9. The second-order valence-electron chi connectivity index (χ2n) is 8.69. The zero-order chi connectivity index (χ0) is 17.8. The van der Waals surface area contributed by atoms with Gasteiger partial charge in [0.05, 0.1) is 0 Å². The lowest BCUT2D eigenvalue weighted by atomic mass is 9.86. The zero-order valence-corrected chi connectivity index (χ0v) is 16.4. The minimum atomic E-state index is 0.492. The first-order chi connectivity index (χ1) is 12.8. The first-order valence-electron chi connectivity index (χ1n) is 10.9. The molecule has 5 nitrogen and oxygen atoms in total. The van der Waals surface area contributed by atoms with E-state index >= 15 is 0 Å². The maximum atomic E-state index is 4.84. The Morgan fingerprint density at radius 3 is 2.65 bits per heavy atom. The minimum absolute atomic E-state index is 0.492. The summed E-state index contributed by atoms with van der Waals surface area (Å²) in [5.74, 6) is 2.81. The SMILES string of the molecule is CC1CCCC(N2CCC(Nc3nccc(N4CCCCCC4)n3)C2)C1. The van der Waals surface area contributed by atoms with Crippen LogP contribution >= 0.6 is 0 Å². The summed E-state index contributed by atoms with van der Waals surface area (Å²) in [5, 5.41) is 3.63. The van der Waals surface area contributed by atoms with Crippen LogP contribution in [0.2, 0.25) is 0 Å². The predicted octanol–water partition coefficient (Wildman–Crippen LogP) is 3.92. The molecule has 3 fully saturated rings. The molecule has 0 aromatic carbocycles. The van der Waals surface area contributed by atoms with E-state index in [1.54, 1.807) is 0 Å². The van der Waals surface area contributed by atoms with Crippen molar-refractivity contribution in [3.05, 3.63) is 12.3 Å². The van der Waals surface area contributed by atoms with Crippen molar-refractivity contribution in [2.75, 3.05) is 36.4 Å². The van der Waals surface area contributed by atoms with E-state index in [0.717, 1.165) is 43.4 Å². The molecule has 144 valence electrons. The molecule has 3 heterocycles. The van der Waals surface area contributed by atoms with Gasteiger partial charge in [-0.15, -0.1) is 0 Å². The normalized spacial score (nSPS) is 31.0. The minimum Gasteiger partial charge on any atom is -0.356 e. The van der Waals surface area contributed by atoms with Gasteiger partial charge in [-0.2, -0.15) is 4.98 Å². The van der Waals surface area contributed by atoms with Crippen molar-refractivity contribution < 1.29 is 0 Å². The lowest BCUT2D eigenvalue weighted by Gasteiger charge is -2.34. The predicted molar refractivity (Wildman–Crippen MR) is 108 cm³/mol. The van der Waals surface area contributed by atoms with E-state index in [-0.39, 0.29) is 0 Å². The Balaban J connectivity index is 1.33. The fourth-order valence-corrected chi connectivity index (χ4v) is 5.05. The molecule has 3 unspecified atom stereocenters. The quantitative estimate of drug-likeness (QED) is 0.885. The molecule has 1 aromatic heterocycles. The standard InChI is InChI=1S/C21H35N5/c1-17-7-6-8-19(15-17)26-14-10-18(16-26)23-21-22-11-9-20(24-21)25-12-4-2-3-5-13-25/h9,11,17-19H,2-8,10,12-16H2,1H3,(H,22,23,24). The van der Waals surface area contributed by atoms with Gasteiger partial charge in [0.25, 0.3) is 0 Å². The summed E-state index contributed by atoms with van der Waals surface area (Å²) in [6.07, 6.45) is 14.0. The topological polar surface area (TPSA) is 44.3 Å². The van der Waals surface area contributed by atoms with Crippen LogP contribution in [0, 0.1) is 5.92 Å². The van der Waals surface area contributed by atoms with Gasteiger partial charge in [-0.3, -0.25) is 4.90 Å². The van der Waals surface area contributed by atoms with Crippen molar-refractivity contribution in [3.8, 4) is 0 Å². The molecule has 1 aliphatic carbocycles. The van der Waals surface area contributed by atoms with Crippen LogP contribution in [-0.2, 0) is 0 Å². The lowest BCUT2D eigenvalue weighted by molar-refractivity contribution is 0.162. The highest BCUT2D eigenvalue weighted by atomic mass is 15.3. The summed E-state index contributed by atoms with van der Waals surface area (Å²) in [4.78, 5) is 14.5. The number of nitrogens with zero attached hydrogens (tertiary/aromatic N) is 4. The van der Waals surface area contributed by atoms with Crippen molar-refractivity contribution in [1.29, 1.82) is 0 Å². The highest BCUT2D eigenvalue weighted by Crippen LogP contribution is 2.30. The second kappa shape index (κ2) is 8.55. The van der Waals surface area contributed by atoms with E-state index in [2.05, 4.69) is 33.1 Å². The Morgan fingerprint density at radius 2 is 1.85 bits per heavy atom. The molecule has 0 spiro atoms. The molecule has 4 rings (SSSR count). The van der Waals surface area contributed by atoms with E-state index in [1.807, 2.05) is 6.20 Å². The lowest BCUT2D eigenvalue weighted by Crippen LogP contribution is -2.38. The smallest absolute Gasteiger partial charge is 0.224 e. The number of hydrogen-bond acceptors (Lipinski definition) is 5. The molecule has 2 aliphatic heterocycles. The van der Waals surface area contributed by atoms with Gasteiger partial charge in [-0.1, -0.05) is 32.6 Å². The summed E-state index contributed by atoms with van der Waals surface area (Å²) >= 11 is 0. The monoisotopic (exact) mass is 357 g/mol. The maximum absolute atomic E-state index is 4.84. The van der Waals surface area contributed by atoms with Crippen LogP contribution in [0.1, 0.15) is 64.7 Å². The van der Waals surface area contributed by atoms with E-state index in [9.17, 15) is 0 Å². The fraction of sp³-hybridized carbons (Fsp3) is 0.810. The second-order valence-corrected chi connectivity index (χ2v) is 8.69. The van der Waals surface area contributed by atoms with Gasteiger partial charge in [-0.25, -0.2) is 4.98 Å². The van der Waals surface area contributed by atoms with E-state index in [0.29, 0.717) is 6.04 Å². The number of nitrogens with one attached hydrogen (secondary N) is 1. The maximum Gasteiger partial charge on any atom is 0.224 e. The summed E-state index contributed by atoms with van der Waals surface area (Å²) in [7, 11) is 0. The molecular weight excluding hydrogens is 322 g/mol. The van der Waals surface area contributed by atoms with Crippen LogP contribution in [0.5, 0.6) is 0 Å². The van der Waals surface area contributed by atoms with Crippen LogP contribution in [0.3, 0.4) is 0 Å². The zero-order valence-electron chi connectivity index (χ0n) is 16.4. The Kier molecular flexibility index (Phi) is 5.93. The number of aromatic nitrogens is 2. The largest absolute Gasteiger partial charge is 0.356 e. The van der Waals surface area contributed by atoms with E-state index in [4.69, 9.17) is 4.98 Å². The summed E-state index contributed by atoms with van der Waals surface area (Å²) < 4.78 is 0. The average molecular weight is 358 g/mol. The highest BCUT2D eigenvalue weighted by Gasteiger charge is 2.31. The molecule has 0 amide bonds. The van der Waals surface area contributed by atoms with Crippen molar-refractivity contribution in [1.82, 2.24) is 14.9 Å². The van der Waals surface area contributed by atoms with Gasteiger partial charge in [0, 0.05) is 44.5 Å².